The molecule has 108 valence electrons. The number of para-hydroxylation sites is 3. The van der Waals surface area contributed by atoms with Gasteiger partial charge in [-0.25, -0.2) is 0 Å². The summed E-state index contributed by atoms with van der Waals surface area (Å²) in [7, 11) is 1.63. The van der Waals surface area contributed by atoms with Crippen LogP contribution in [0.25, 0.3) is 16.6 Å². The lowest BCUT2D eigenvalue weighted by Gasteiger charge is -2.16. The van der Waals surface area contributed by atoms with Crippen LogP contribution in [0.5, 0.6) is 5.75 Å². The van der Waals surface area contributed by atoms with Gasteiger partial charge in [0.1, 0.15) is 11.6 Å². The summed E-state index contributed by atoms with van der Waals surface area (Å²) < 4.78 is 7.35. The van der Waals surface area contributed by atoms with E-state index >= 15 is 0 Å². The maximum atomic E-state index is 12.0. The number of aromatic nitrogens is 2. The quantitative estimate of drug-likeness (QED) is 0.730. The SMILES string of the molecule is COc1ccccc1-n1c(C)nc(=O)c2ccccc21.Cl. The first-order valence-corrected chi connectivity index (χ1v) is 6.34. The predicted molar refractivity (Wildman–Crippen MR) is 85.9 cm³/mol. The number of nitrogens with zero attached hydrogens (tertiary/aromatic N) is 2. The van der Waals surface area contributed by atoms with Crippen LogP contribution in [0.2, 0.25) is 0 Å². The number of hydrogen-bond donors (Lipinski definition) is 0. The molecule has 0 atom stereocenters. The van der Waals surface area contributed by atoms with Crippen LogP contribution >= 0.6 is 12.4 Å². The number of benzene rings is 2. The molecule has 4 nitrogen and oxygen atoms in total. The van der Waals surface area contributed by atoms with Gasteiger partial charge in [0.25, 0.3) is 5.56 Å². The summed E-state index contributed by atoms with van der Waals surface area (Å²) in [4.78, 5) is 16.1. The van der Waals surface area contributed by atoms with Gasteiger partial charge in [-0.1, -0.05) is 24.3 Å². The highest BCUT2D eigenvalue weighted by molar-refractivity contribution is 5.85. The first kappa shape index (κ1) is 15.1. The molecule has 0 aliphatic rings. The van der Waals surface area contributed by atoms with Gasteiger partial charge in [0.05, 0.1) is 23.7 Å². The van der Waals surface area contributed by atoms with Crippen LogP contribution in [0.4, 0.5) is 0 Å². The second-order valence-corrected chi connectivity index (χ2v) is 4.49. The summed E-state index contributed by atoms with van der Waals surface area (Å²) in [6, 6.07) is 15.1. The monoisotopic (exact) mass is 302 g/mol. The number of aryl methyl sites for hydroxylation is 1. The van der Waals surface area contributed by atoms with Crippen molar-refractivity contribution in [3.8, 4) is 11.4 Å². The van der Waals surface area contributed by atoms with Crippen molar-refractivity contribution in [3.05, 3.63) is 64.7 Å². The van der Waals surface area contributed by atoms with Gasteiger partial charge in [-0.3, -0.25) is 9.36 Å². The van der Waals surface area contributed by atoms with E-state index in [1.54, 1.807) is 13.2 Å². The first-order chi connectivity index (χ1) is 9.72. The fourth-order valence-electron chi connectivity index (χ4n) is 2.40. The van der Waals surface area contributed by atoms with Gasteiger partial charge in [-0.15, -0.1) is 12.4 Å². The minimum atomic E-state index is -0.204. The molecular weight excluding hydrogens is 288 g/mol. The van der Waals surface area contributed by atoms with Crippen molar-refractivity contribution in [2.75, 3.05) is 7.11 Å². The zero-order valence-electron chi connectivity index (χ0n) is 11.7. The van der Waals surface area contributed by atoms with E-state index in [0.717, 1.165) is 17.0 Å². The van der Waals surface area contributed by atoms with Crippen molar-refractivity contribution in [3.63, 3.8) is 0 Å². The normalized spacial score (nSPS) is 10.2. The smallest absolute Gasteiger partial charge is 0.280 e. The standard InChI is InChI=1S/C16H14N2O2.ClH/c1-11-17-16(19)12-7-3-4-8-13(12)18(11)14-9-5-6-10-15(14)20-2;/h3-10H,1-2H3;1H. The Balaban J connectivity index is 0.00000161. The summed E-state index contributed by atoms with van der Waals surface area (Å²) in [6.45, 7) is 1.82. The summed E-state index contributed by atoms with van der Waals surface area (Å²) in [5, 5.41) is 0.601. The molecule has 0 aliphatic heterocycles. The average Bonchev–Trinajstić information content (AvgIpc) is 2.48. The minimum absolute atomic E-state index is 0. The molecule has 0 saturated carbocycles. The summed E-state index contributed by atoms with van der Waals surface area (Å²) in [5.41, 5.74) is 1.50. The van der Waals surface area contributed by atoms with Gasteiger partial charge < -0.3 is 4.74 Å². The van der Waals surface area contributed by atoms with E-state index in [1.807, 2.05) is 54.0 Å². The molecule has 5 heteroatoms. The molecule has 3 rings (SSSR count). The second kappa shape index (κ2) is 5.97. The highest BCUT2D eigenvalue weighted by Crippen LogP contribution is 2.25. The molecule has 0 bridgehead atoms. The molecule has 0 saturated heterocycles. The lowest BCUT2D eigenvalue weighted by atomic mass is 10.2. The Morgan fingerprint density at radius 2 is 1.71 bits per heavy atom. The van der Waals surface area contributed by atoms with Crippen LogP contribution in [0.15, 0.2) is 53.3 Å². The van der Waals surface area contributed by atoms with Crippen molar-refractivity contribution in [2.24, 2.45) is 0 Å². The average molecular weight is 303 g/mol. The van der Waals surface area contributed by atoms with E-state index in [2.05, 4.69) is 4.98 Å². The molecule has 2 aromatic carbocycles. The van der Waals surface area contributed by atoms with Gasteiger partial charge in [-0.2, -0.15) is 4.98 Å². The van der Waals surface area contributed by atoms with E-state index in [1.165, 1.54) is 0 Å². The topological polar surface area (TPSA) is 44.1 Å². The Morgan fingerprint density at radius 1 is 1.05 bits per heavy atom. The van der Waals surface area contributed by atoms with E-state index < -0.39 is 0 Å². The molecule has 21 heavy (non-hydrogen) atoms. The van der Waals surface area contributed by atoms with Crippen molar-refractivity contribution >= 4 is 23.3 Å². The first-order valence-electron chi connectivity index (χ1n) is 6.34. The Bertz CT molecular complexity index is 843. The minimum Gasteiger partial charge on any atom is -0.495 e. The lowest BCUT2D eigenvalue weighted by Crippen LogP contribution is -2.16. The number of methoxy groups -OCH3 is 1. The summed E-state index contributed by atoms with van der Waals surface area (Å²) >= 11 is 0. The largest absolute Gasteiger partial charge is 0.495 e. The van der Waals surface area contributed by atoms with Crippen LogP contribution in [0, 0.1) is 6.92 Å². The summed E-state index contributed by atoms with van der Waals surface area (Å²) in [6.07, 6.45) is 0. The third-order valence-electron chi connectivity index (χ3n) is 3.29. The molecule has 3 aromatic rings. The van der Waals surface area contributed by atoms with Crippen LogP contribution in [0.3, 0.4) is 0 Å². The number of ether oxygens (including phenoxy) is 1. The molecule has 0 unspecified atom stereocenters. The number of hydrogen-bond acceptors (Lipinski definition) is 3. The molecule has 1 heterocycles. The molecular formula is C16H15ClN2O2. The zero-order valence-corrected chi connectivity index (χ0v) is 12.6. The summed E-state index contributed by atoms with van der Waals surface area (Å²) in [5.74, 6) is 1.38. The fraction of sp³-hybridized carbons (Fsp3) is 0.125. The lowest BCUT2D eigenvalue weighted by molar-refractivity contribution is 0.413. The highest BCUT2D eigenvalue weighted by atomic mass is 35.5. The molecule has 0 N–H and O–H groups in total. The Labute approximate surface area is 128 Å². The van der Waals surface area contributed by atoms with Gasteiger partial charge >= 0.3 is 0 Å². The number of halogens is 1. The molecule has 0 spiro atoms. The second-order valence-electron chi connectivity index (χ2n) is 4.49. The Morgan fingerprint density at radius 3 is 2.48 bits per heavy atom. The van der Waals surface area contributed by atoms with Crippen LogP contribution in [-0.4, -0.2) is 16.7 Å². The zero-order chi connectivity index (χ0) is 14.1. The van der Waals surface area contributed by atoms with Crippen molar-refractivity contribution in [2.45, 2.75) is 6.92 Å². The molecule has 0 radical (unpaired) electrons. The molecule has 0 aliphatic carbocycles. The highest BCUT2D eigenvalue weighted by Gasteiger charge is 2.12. The van der Waals surface area contributed by atoms with Crippen LogP contribution < -0.4 is 10.3 Å². The Hall–Kier alpha value is -2.33. The van der Waals surface area contributed by atoms with E-state index in [4.69, 9.17) is 4.74 Å². The van der Waals surface area contributed by atoms with Crippen molar-refractivity contribution < 1.29 is 4.74 Å². The maximum Gasteiger partial charge on any atom is 0.280 e. The van der Waals surface area contributed by atoms with Crippen LogP contribution in [-0.2, 0) is 0 Å². The van der Waals surface area contributed by atoms with E-state index in [0.29, 0.717) is 11.2 Å². The Kier molecular flexibility index (Phi) is 4.29. The fourth-order valence-corrected chi connectivity index (χ4v) is 2.40. The van der Waals surface area contributed by atoms with E-state index in [9.17, 15) is 4.79 Å². The number of fused-ring (bicyclic) bond motifs is 1. The van der Waals surface area contributed by atoms with Gasteiger partial charge in [0.2, 0.25) is 0 Å². The third-order valence-corrected chi connectivity index (χ3v) is 3.29. The van der Waals surface area contributed by atoms with Crippen molar-refractivity contribution in [1.29, 1.82) is 0 Å². The molecule has 0 fully saturated rings. The number of rotatable bonds is 2. The molecule has 0 amide bonds. The third kappa shape index (κ3) is 2.50. The molecule has 1 aromatic heterocycles. The maximum absolute atomic E-state index is 12.0. The van der Waals surface area contributed by atoms with Crippen LogP contribution in [0.1, 0.15) is 5.82 Å². The van der Waals surface area contributed by atoms with Crippen molar-refractivity contribution in [1.82, 2.24) is 9.55 Å². The van der Waals surface area contributed by atoms with Gasteiger partial charge in [0, 0.05) is 0 Å². The predicted octanol–water partition coefficient (Wildman–Crippen LogP) is 3.12. The van der Waals surface area contributed by atoms with E-state index in [-0.39, 0.29) is 18.0 Å². The van der Waals surface area contributed by atoms with Gasteiger partial charge in [-0.05, 0) is 31.2 Å². The van der Waals surface area contributed by atoms with Gasteiger partial charge in [0.15, 0.2) is 0 Å².